The number of likely N-dealkylation sites (tertiary alicyclic amines) is 3. The molecule has 2 aromatic carbocycles. The second-order valence-corrected chi connectivity index (χ2v) is 30.1. The standard InChI is InChI=1S/C33H41FN6O5S.C30H34FN5O4.C8H9NO5S.C3H7NOS.CH5N.3CH4/c1-20-24(11-16-38-14-9-21(10-15-38)30-25-8-7-23(34)17-26(25)45-37-30)32(43)40-13-4-6-22(31(40)36-20)5-3-12-39-29(42)18-27(33(39)44)46-19-28(41)35-2;1-19-23(12-17-34-15-10-20(11-16-34)28-24-7-6-22(31)18-25(24)40-33-28)30(39)36-14-3-5-21(29(36)32-19)4-2-13-35-26(37)8-9-27(35)38;1-5(10)15-4-8(13)14-9-6(11)2-3-7(9)12;1-4-3(5)2-6;1-2;;;/h7-8,17,21-22,27H,3-6,9-16,18-19H2,1-2H3,(H,35,41);6-9,18,20-21H,2-5,10-17H2,1H3;2-4H2,1H3;6H,2H2,1H3,(H,4,5);2H2,1H3;3*1H4. The molecule has 11 heterocycles. The number of carbonyl (C=O) groups is 10. The number of benzene rings is 2. The Bertz CT molecular complexity index is 4430. The van der Waals surface area contributed by atoms with Gasteiger partial charge in [-0.1, -0.05) is 44.4 Å². The summed E-state index contributed by atoms with van der Waals surface area (Å²) in [5, 5.41) is 14.9. The Balaban J connectivity index is 0.000000269. The third-order valence-corrected chi connectivity index (χ3v) is 22.8. The summed E-state index contributed by atoms with van der Waals surface area (Å²) < 4.78 is 41.5. The normalized spacial score (nSPS) is 18.3. The van der Waals surface area contributed by atoms with E-state index in [1.807, 2.05) is 23.0 Å². The zero-order chi connectivity index (χ0) is 78.6. The van der Waals surface area contributed by atoms with Gasteiger partial charge in [0.2, 0.25) is 23.6 Å². The van der Waals surface area contributed by atoms with Crippen LogP contribution in [0, 0.1) is 25.5 Å². The number of thioether (sulfide) groups is 2. The molecular weight excluding hydrogens is 1510 g/mol. The molecule has 0 aliphatic carbocycles. The summed E-state index contributed by atoms with van der Waals surface area (Å²) in [5.41, 5.74) is 10.5. The first-order chi connectivity index (χ1) is 52.4. The van der Waals surface area contributed by atoms with E-state index in [9.17, 15) is 66.3 Å². The highest BCUT2D eigenvalue weighted by Crippen LogP contribution is 2.37. The molecule has 3 atom stereocenters. The summed E-state index contributed by atoms with van der Waals surface area (Å²) in [5.74, 6) is -0.947. The Morgan fingerprint density at radius 2 is 1.05 bits per heavy atom. The van der Waals surface area contributed by atoms with E-state index in [-0.39, 0.29) is 146 Å². The molecule has 7 aliphatic heterocycles. The van der Waals surface area contributed by atoms with Crippen molar-refractivity contribution in [3.8, 4) is 0 Å². The zero-order valence-electron chi connectivity index (χ0n) is 62.4. The SMILES string of the molecule is C.C.C.CC(=O)SCC(=O)ON1C(=O)CCC1=O.CN.CNC(=O)CS.CNC(=O)CSC1CC(=O)N(CCCC2CCCn3c2nc(C)c(CCN2CCC(c4noc5cc(F)ccc45)CC2)c3=O)C1=O.Cc1nc2n(c(=O)c1CCN1CCC(c3noc4cc(F)ccc34)CC1)CCCC2CCCN1C(=O)C=CC1=O. The van der Waals surface area contributed by atoms with Gasteiger partial charge in [-0.15, -0.1) is 16.8 Å². The van der Waals surface area contributed by atoms with Crippen molar-refractivity contribution in [3.05, 3.63) is 126 Å². The number of piperidine rings is 2. The number of nitrogens with zero attached hydrogens (tertiary/aromatic N) is 11. The number of hydrogen-bond acceptors (Lipinski definition) is 25. The van der Waals surface area contributed by atoms with Crippen LogP contribution < -0.4 is 27.5 Å². The first kappa shape index (κ1) is 92.0. The third kappa shape index (κ3) is 23.7. The molecule has 112 heavy (non-hydrogen) atoms. The van der Waals surface area contributed by atoms with Gasteiger partial charge in [0.15, 0.2) is 16.3 Å². The molecule has 4 aromatic heterocycles. The molecule has 4 fully saturated rings. The largest absolute Gasteiger partial charge is 0.358 e. The predicted molar refractivity (Wildman–Crippen MR) is 427 cm³/mol. The number of amides is 8. The van der Waals surface area contributed by atoms with Crippen molar-refractivity contribution in [2.75, 3.05) is 90.8 Å². The number of hydrogen-bond donors (Lipinski definition) is 4. The molecule has 6 aromatic rings. The number of thiol groups is 1. The zero-order valence-corrected chi connectivity index (χ0v) is 64.9. The topological polar surface area (TPSA) is 368 Å². The molecule has 8 amide bonds. The second-order valence-electron chi connectivity index (χ2n) is 27.5. The Morgan fingerprint density at radius 3 is 1.47 bits per heavy atom. The van der Waals surface area contributed by atoms with Crippen molar-refractivity contribution >= 4 is 116 Å². The van der Waals surface area contributed by atoms with E-state index >= 15 is 0 Å². The highest BCUT2D eigenvalue weighted by Gasteiger charge is 2.40. The number of rotatable bonds is 23. The van der Waals surface area contributed by atoms with Gasteiger partial charge >= 0.3 is 5.97 Å². The third-order valence-electron chi connectivity index (χ3n) is 20.5. The van der Waals surface area contributed by atoms with Gasteiger partial charge < -0.3 is 40.1 Å². The van der Waals surface area contributed by atoms with Crippen LogP contribution in [0.3, 0.4) is 0 Å². The lowest BCUT2D eigenvalue weighted by atomic mass is 9.91. The number of hydroxylamine groups is 2. The van der Waals surface area contributed by atoms with E-state index in [0.29, 0.717) is 68.1 Å². The van der Waals surface area contributed by atoms with Gasteiger partial charge in [0.1, 0.15) is 29.0 Å². The van der Waals surface area contributed by atoms with Gasteiger partial charge in [-0.05, 0) is 161 Å². The molecule has 4 N–H and O–H groups in total. The quantitative estimate of drug-likeness (QED) is 0.0345. The van der Waals surface area contributed by atoms with E-state index in [1.54, 1.807) is 26.2 Å². The molecule has 7 aliphatic rings. The maximum absolute atomic E-state index is 13.7. The van der Waals surface area contributed by atoms with Crippen LogP contribution in [0.15, 0.2) is 67.2 Å². The monoisotopic (exact) mass is 1610 g/mol. The fraction of sp³-hybridized carbons (Fsp3) is 0.564. The van der Waals surface area contributed by atoms with Crippen molar-refractivity contribution in [2.24, 2.45) is 5.73 Å². The molecule has 0 radical (unpaired) electrons. The van der Waals surface area contributed by atoms with E-state index in [0.717, 1.165) is 172 Å². The lowest BCUT2D eigenvalue weighted by Gasteiger charge is -2.31. The Kier molecular flexibility index (Phi) is 36.2. The molecule has 0 spiro atoms. The van der Waals surface area contributed by atoms with Gasteiger partial charge in [-0.3, -0.25) is 71.7 Å². The van der Waals surface area contributed by atoms with Crippen LogP contribution in [-0.4, -0.2) is 208 Å². The molecule has 4 saturated heterocycles. The number of carbonyl (C=O) groups excluding carboxylic acids is 10. The maximum atomic E-state index is 13.7. The van der Waals surface area contributed by atoms with Crippen molar-refractivity contribution < 1.29 is 70.6 Å². The van der Waals surface area contributed by atoms with E-state index < -0.39 is 23.0 Å². The fourth-order valence-electron chi connectivity index (χ4n) is 14.7. The molecule has 29 nitrogen and oxygen atoms in total. The summed E-state index contributed by atoms with van der Waals surface area (Å²) >= 11 is 5.66. The Labute approximate surface area is 665 Å². The van der Waals surface area contributed by atoms with Crippen LogP contribution in [0.25, 0.3) is 21.9 Å². The first-order valence-corrected chi connectivity index (χ1v) is 39.6. The van der Waals surface area contributed by atoms with Gasteiger partial charge in [0.05, 0.1) is 28.1 Å². The summed E-state index contributed by atoms with van der Waals surface area (Å²) in [6.07, 6.45) is 14.4. The van der Waals surface area contributed by atoms with Gasteiger partial charge in [-0.2, -0.15) is 12.6 Å². The highest BCUT2D eigenvalue weighted by molar-refractivity contribution is 8.14. The molecule has 0 bridgehead atoms. The van der Waals surface area contributed by atoms with Crippen molar-refractivity contribution in [1.29, 1.82) is 0 Å². The molecular formula is C78H108F2N14O15S3. The lowest BCUT2D eigenvalue weighted by Crippen LogP contribution is -2.38. The summed E-state index contributed by atoms with van der Waals surface area (Å²) in [6, 6.07) is 9.15. The highest BCUT2D eigenvalue weighted by atomic mass is 32.2. The van der Waals surface area contributed by atoms with Crippen molar-refractivity contribution in [1.82, 2.24) is 64.7 Å². The van der Waals surface area contributed by atoms with Crippen LogP contribution in [0.4, 0.5) is 8.78 Å². The smallest absolute Gasteiger partial charge is 0.343 e. The minimum absolute atomic E-state index is 0. The minimum atomic E-state index is -0.779. The minimum Gasteiger partial charge on any atom is -0.358 e. The second kappa shape index (κ2) is 44.0. The molecule has 3 unspecified atom stereocenters. The van der Waals surface area contributed by atoms with Gasteiger partial charge in [0.25, 0.3) is 34.7 Å². The number of fused-ring (bicyclic) bond motifs is 4. The predicted octanol–water partition coefficient (Wildman–Crippen LogP) is 8.37. The lowest BCUT2D eigenvalue weighted by molar-refractivity contribution is -0.195. The fourth-order valence-corrected chi connectivity index (χ4v) is 16.2. The Hall–Kier alpha value is -8.83. The summed E-state index contributed by atoms with van der Waals surface area (Å²) in [7, 11) is 4.63. The number of nitrogens with one attached hydrogen (secondary N) is 2. The van der Waals surface area contributed by atoms with E-state index in [2.05, 4.69) is 53.9 Å². The average Bonchev–Trinajstić information content (AvgIpc) is 1.23. The van der Waals surface area contributed by atoms with Crippen LogP contribution in [0.5, 0.6) is 0 Å². The molecule has 34 heteroatoms. The summed E-state index contributed by atoms with van der Waals surface area (Å²) in [6.45, 7) is 12.4. The number of nitrogens with two attached hydrogens (primary N) is 1. The van der Waals surface area contributed by atoms with Gasteiger partial charge in [-0.25, -0.2) is 23.5 Å². The number of aromatic nitrogens is 6. The average molecular weight is 1620 g/mol. The van der Waals surface area contributed by atoms with Crippen molar-refractivity contribution in [3.63, 3.8) is 0 Å². The number of aryl methyl sites for hydroxylation is 2. The van der Waals surface area contributed by atoms with Crippen molar-refractivity contribution in [2.45, 2.75) is 194 Å². The Morgan fingerprint density at radius 1 is 0.607 bits per heavy atom. The molecule has 13 rings (SSSR count). The van der Waals surface area contributed by atoms with Gasteiger partial charge in [0, 0.05) is 161 Å². The molecule has 612 valence electrons. The number of imide groups is 3. The maximum Gasteiger partial charge on any atom is 0.343 e. The van der Waals surface area contributed by atoms with E-state index in [4.69, 9.17) is 19.0 Å². The van der Waals surface area contributed by atoms with E-state index in [1.165, 1.54) is 72.0 Å². The molecule has 0 saturated carbocycles. The number of halogens is 2. The van der Waals surface area contributed by atoms with Crippen LogP contribution in [0.2, 0.25) is 0 Å². The van der Waals surface area contributed by atoms with Crippen LogP contribution in [-0.2, 0) is 78.7 Å². The van der Waals surface area contributed by atoms with Crippen LogP contribution in [0.1, 0.15) is 195 Å². The first-order valence-electron chi connectivity index (χ1n) is 37.0. The summed E-state index contributed by atoms with van der Waals surface area (Å²) in [4.78, 5) is 163. The van der Waals surface area contributed by atoms with Crippen LogP contribution >= 0.6 is 36.2 Å².